The zero-order valence-corrected chi connectivity index (χ0v) is 10.6. The fourth-order valence-electron chi connectivity index (χ4n) is 1.79. The van der Waals surface area contributed by atoms with Crippen LogP contribution < -0.4 is 4.57 Å². The number of hydrogen-bond acceptors (Lipinski definition) is 2. The first-order valence-corrected chi connectivity index (χ1v) is 6.39. The highest BCUT2D eigenvalue weighted by atomic mass is 16.5. The summed E-state index contributed by atoms with van der Waals surface area (Å²) < 4.78 is 7.52. The maximum absolute atomic E-state index is 8.51. The van der Waals surface area contributed by atoms with E-state index in [4.69, 9.17) is 10.00 Å². The molecule has 0 aromatic carbocycles. The van der Waals surface area contributed by atoms with Gasteiger partial charge in [-0.2, -0.15) is 5.26 Å². The SMILES string of the molecule is CCOCCCCc1[nH]cc[n+]1CCCC#N. The van der Waals surface area contributed by atoms with Crippen LogP contribution in [0.15, 0.2) is 12.4 Å². The summed E-state index contributed by atoms with van der Waals surface area (Å²) in [6.45, 7) is 4.61. The molecular weight excluding hydrogens is 214 g/mol. The third kappa shape index (κ3) is 5.50. The van der Waals surface area contributed by atoms with E-state index in [1.165, 1.54) is 5.82 Å². The molecule has 0 aliphatic heterocycles. The first-order chi connectivity index (χ1) is 8.38. The number of rotatable bonds is 9. The standard InChI is InChI=1S/C13H21N3O/c1-2-17-12-6-3-7-13-15-9-11-16(13)10-5-4-8-14/h9,11H,2-7,10,12H2,1H3/p+1. The summed E-state index contributed by atoms with van der Waals surface area (Å²) in [5.74, 6) is 1.25. The minimum atomic E-state index is 0.627. The van der Waals surface area contributed by atoms with Gasteiger partial charge in [0.25, 0.3) is 5.82 Å². The molecule has 0 radical (unpaired) electrons. The minimum absolute atomic E-state index is 0.627. The molecule has 0 fully saturated rings. The summed E-state index contributed by atoms with van der Waals surface area (Å²) in [4.78, 5) is 3.26. The lowest BCUT2D eigenvalue weighted by atomic mass is 10.2. The van der Waals surface area contributed by atoms with Gasteiger partial charge in [-0.15, -0.1) is 0 Å². The van der Waals surface area contributed by atoms with Crippen LogP contribution >= 0.6 is 0 Å². The van der Waals surface area contributed by atoms with Crippen molar-refractivity contribution in [3.05, 3.63) is 18.2 Å². The van der Waals surface area contributed by atoms with Gasteiger partial charge in [0, 0.05) is 26.1 Å². The highest BCUT2D eigenvalue weighted by molar-refractivity contribution is 4.77. The van der Waals surface area contributed by atoms with Crippen molar-refractivity contribution >= 4 is 0 Å². The molecule has 4 nitrogen and oxygen atoms in total. The molecular formula is C13H22N3O+. The van der Waals surface area contributed by atoms with Crippen molar-refractivity contribution in [2.24, 2.45) is 0 Å². The van der Waals surface area contributed by atoms with Crippen LogP contribution in [-0.4, -0.2) is 18.2 Å². The largest absolute Gasteiger partial charge is 0.382 e. The zero-order valence-electron chi connectivity index (χ0n) is 10.6. The van der Waals surface area contributed by atoms with Crippen molar-refractivity contribution in [1.82, 2.24) is 4.98 Å². The predicted molar refractivity (Wildman–Crippen MR) is 65.3 cm³/mol. The third-order valence-electron chi connectivity index (χ3n) is 2.70. The van der Waals surface area contributed by atoms with Gasteiger partial charge in [0.1, 0.15) is 12.4 Å². The van der Waals surface area contributed by atoms with E-state index in [1.54, 1.807) is 0 Å². The molecule has 94 valence electrons. The second-order valence-corrected chi connectivity index (χ2v) is 4.02. The molecule has 4 heteroatoms. The minimum Gasteiger partial charge on any atom is -0.382 e. The van der Waals surface area contributed by atoms with E-state index in [-0.39, 0.29) is 0 Å². The van der Waals surface area contributed by atoms with Gasteiger partial charge in [-0.05, 0) is 26.2 Å². The summed E-state index contributed by atoms with van der Waals surface area (Å²) in [5, 5.41) is 8.51. The fraction of sp³-hybridized carbons (Fsp3) is 0.692. The van der Waals surface area contributed by atoms with Crippen molar-refractivity contribution in [1.29, 1.82) is 5.26 Å². The van der Waals surface area contributed by atoms with Crippen molar-refractivity contribution in [3.8, 4) is 6.07 Å². The Kier molecular flexibility index (Phi) is 7.08. The van der Waals surface area contributed by atoms with Gasteiger partial charge in [0.15, 0.2) is 0 Å². The van der Waals surface area contributed by atoms with Gasteiger partial charge in [0.05, 0.1) is 12.6 Å². The number of aromatic amines is 1. The van der Waals surface area contributed by atoms with Crippen molar-refractivity contribution in [2.75, 3.05) is 13.2 Å². The first-order valence-electron chi connectivity index (χ1n) is 6.39. The predicted octanol–water partition coefficient (Wildman–Crippen LogP) is 1.97. The van der Waals surface area contributed by atoms with Crippen molar-refractivity contribution in [3.63, 3.8) is 0 Å². The maximum Gasteiger partial charge on any atom is 0.254 e. The average molecular weight is 236 g/mol. The van der Waals surface area contributed by atoms with Crippen LogP contribution in [-0.2, 0) is 17.7 Å². The van der Waals surface area contributed by atoms with E-state index in [9.17, 15) is 0 Å². The van der Waals surface area contributed by atoms with Crippen LogP contribution in [0.5, 0.6) is 0 Å². The Morgan fingerprint density at radius 2 is 2.29 bits per heavy atom. The molecule has 0 aliphatic carbocycles. The summed E-state index contributed by atoms with van der Waals surface area (Å²) in [6, 6.07) is 2.18. The molecule has 1 heterocycles. The summed E-state index contributed by atoms with van der Waals surface area (Å²) in [5.41, 5.74) is 0. The number of imidazole rings is 1. The van der Waals surface area contributed by atoms with Crippen LogP contribution in [0.2, 0.25) is 0 Å². The van der Waals surface area contributed by atoms with E-state index in [0.717, 1.165) is 45.4 Å². The smallest absolute Gasteiger partial charge is 0.254 e. The van der Waals surface area contributed by atoms with Gasteiger partial charge in [-0.3, -0.25) is 0 Å². The zero-order chi connectivity index (χ0) is 12.3. The molecule has 0 spiro atoms. The van der Waals surface area contributed by atoms with Gasteiger partial charge >= 0.3 is 0 Å². The monoisotopic (exact) mass is 236 g/mol. The van der Waals surface area contributed by atoms with Crippen molar-refractivity contribution in [2.45, 2.75) is 45.6 Å². The highest BCUT2D eigenvalue weighted by Crippen LogP contribution is 1.99. The first kappa shape index (κ1) is 13.7. The van der Waals surface area contributed by atoms with Gasteiger partial charge < -0.3 is 4.74 Å². The van der Waals surface area contributed by atoms with E-state index >= 15 is 0 Å². The normalized spacial score (nSPS) is 10.4. The lowest BCUT2D eigenvalue weighted by Crippen LogP contribution is -2.36. The molecule has 1 aromatic heterocycles. The summed E-state index contributed by atoms with van der Waals surface area (Å²) >= 11 is 0. The van der Waals surface area contributed by atoms with E-state index < -0.39 is 0 Å². The highest BCUT2D eigenvalue weighted by Gasteiger charge is 2.09. The molecule has 0 aliphatic rings. The number of nitrogens with zero attached hydrogens (tertiary/aromatic N) is 2. The molecule has 1 aromatic rings. The number of nitrogens with one attached hydrogen (secondary N) is 1. The summed E-state index contributed by atoms with van der Waals surface area (Å²) in [7, 11) is 0. The molecule has 1 rings (SSSR count). The lowest BCUT2D eigenvalue weighted by Gasteiger charge is -2.01. The number of hydrogen-bond donors (Lipinski definition) is 1. The van der Waals surface area contributed by atoms with Crippen LogP contribution in [0.3, 0.4) is 0 Å². The number of aryl methyl sites for hydroxylation is 2. The van der Waals surface area contributed by atoms with Crippen LogP contribution in [0, 0.1) is 11.3 Å². The molecule has 0 saturated carbocycles. The molecule has 0 atom stereocenters. The molecule has 0 unspecified atom stereocenters. The maximum atomic E-state index is 8.51. The Morgan fingerprint density at radius 3 is 3.06 bits per heavy atom. The molecule has 17 heavy (non-hydrogen) atoms. The Hall–Kier alpha value is -1.34. The molecule has 0 saturated heterocycles. The number of nitriles is 1. The Labute approximate surface area is 103 Å². The topological polar surface area (TPSA) is 52.7 Å². The number of ether oxygens (including phenoxy) is 1. The third-order valence-corrected chi connectivity index (χ3v) is 2.70. The average Bonchev–Trinajstić information content (AvgIpc) is 2.77. The number of aromatic nitrogens is 2. The van der Waals surface area contributed by atoms with Gasteiger partial charge in [-0.25, -0.2) is 9.55 Å². The Morgan fingerprint density at radius 1 is 1.41 bits per heavy atom. The Bertz CT molecular complexity index is 341. The van der Waals surface area contributed by atoms with Crippen LogP contribution in [0.25, 0.3) is 0 Å². The number of H-pyrrole nitrogens is 1. The second-order valence-electron chi connectivity index (χ2n) is 4.02. The second kappa shape index (κ2) is 8.77. The fourth-order valence-corrected chi connectivity index (χ4v) is 1.79. The molecule has 0 bridgehead atoms. The van der Waals surface area contributed by atoms with Gasteiger partial charge in [0.2, 0.25) is 0 Å². The van der Waals surface area contributed by atoms with Crippen LogP contribution in [0.1, 0.15) is 38.4 Å². The van der Waals surface area contributed by atoms with E-state index in [1.807, 2.05) is 13.1 Å². The quantitative estimate of drug-likeness (QED) is 0.526. The summed E-state index contributed by atoms with van der Waals surface area (Å²) in [6.07, 6.45) is 8.85. The number of unbranched alkanes of at least 4 members (excludes halogenated alkanes) is 2. The van der Waals surface area contributed by atoms with Crippen LogP contribution in [0.4, 0.5) is 0 Å². The van der Waals surface area contributed by atoms with E-state index in [0.29, 0.717) is 6.42 Å². The van der Waals surface area contributed by atoms with Crippen molar-refractivity contribution < 1.29 is 9.30 Å². The molecule has 1 N–H and O–H groups in total. The Balaban J connectivity index is 2.23. The lowest BCUT2D eigenvalue weighted by molar-refractivity contribution is -0.703. The van der Waals surface area contributed by atoms with Gasteiger partial charge in [-0.1, -0.05) is 0 Å². The van der Waals surface area contributed by atoms with E-state index in [2.05, 4.69) is 21.8 Å². The molecule has 0 amide bonds.